The van der Waals surface area contributed by atoms with Crippen molar-refractivity contribution in [1.29, 1.82) is 0 Å². The zero-order chi connectivity index (χ0) is 9.07. The molecule has 0 aromatic heterocycles. The minimum Gasteiger partial charge on any atom is -0.480 e. The molecule has 0 aromatic rings. The first-order valence-corrected chi connectivity index (χ1v) is 5.47. The molecule has 0 aromatic carbocycles. The van der Waals surface area contributed by atoms with Crippen LogP contribution in [-0.2, 0) is 13.7 Å². The van der Waals surface area contributed by atoms with E-state index in [0.717, 1.165) is 0 Å². The zero-order valence-electron chi connectivity index (χ0n) is 5.60. The fourth-order valence-electron chi connectivity index (χ4n) is 0.399. The molecule has 1 unspecified atom stereocenters. The molecule has 7 heteroatoms. The van der Waals surface area contributed by atoms with Gasteiger partial charge in [-0.25, -0.2) is 8.42 Å². The van der Waals surface area contributed by atoms with Crippen LogP contribution < -0.4 is 5.73 Å². The summed E-state index contributed by atoms with van der Waals surface area (Å²) in [5.41, 5.74) is 5.03. The summed E-state index contributed by atoms with van der Waals surface area (Å²) >= 11 is 3.22. The Bertz CT molecular complexity index is 234. The van der Waals surface area contributed by atoms with Crippen LogP contribution >= 0.6 is 11.7 Å². The quantitative estimate of drug-likeness (QED) is 0.400. The first kappa shape index (κ1) is 10.7. The van der Waals surface area contributed by atoms with Crippen LogP contribution in [0.5, 0.6) is 0 Å². The third-order valence-electron chi connectivity index (χ3n) is 1.00. The molecule has 66 valence electrons. The lowest BCUT2D eigenvalue weighted by Gasteiger charge is -2.02. The summed E-state index contributed by atoms with van der Waals surface area (Å²) in [6, 6.07) is -1.13. The number of carbonyl (C=O) groups is 1. The van der Waals surface area contributed by atoms with Crippen LogP contribution in [0.2, 0.25) is 0 Å². The molecule has 0 saturated carbocycles. The monoisotopic (exact) mass is 199 g/mol. The van der Waals surface area contributed by atoms with E-state index in [1.807, 2.05) is 0 Å². The highest BCUT2D eigenvalue weighted by atomic mass is 33.1. The number of rotatable bonds is 4. The lowest BCUT2D eigenvalue weighted by molar-refractivity contribution is -0.138. The second-order valence-electron chi connectivity index (χ2n) is 2.02. The molecule has 0 aliphatic heterocycles. The normalized spacial score (nSPS) is 14.4. The second-order valence-corrected chi connectivity index (χ2v) is 5.26. The molecule has 5 nitrogen and oxygen atoms in total. The van der Waals surface area contributed by atoms with Gasteiger partial charge < -0.3 is 10.8 Å². The van der Waals surface area contributed by atoms with Gasteiger partial charge in [0.05, 0.1) is 5.75 Å². The zero-order valence-corrected chi connectivity index (χ0v) is 7.31. The van der Waals surface area contributed by atoms with E-state index in [4.69, 9.17) is 10.8 Å². The predicted molar refractivity (Wildman–Crippen MR) is 43.0 cm³/mol. The van der Waals surface area contributed by atoms with Gasteiger partial charge in [-0.15, -0.1) is 0 Å². The predicted octanol–water partition coefficient (Wildman–Crippen LogP) is -0.952. The average molecular weight is 199 g/mol. The largest absolute Gasteiger partial charge is 0.480 e. The van der Waals surface area contributed by atoms with E-state index in [0.29, 0.717) is 0 Å². The van der Waals surface area contributed by atoms with E-state index in [1.165, 1.54) is 0 Å². The summed E-state index contributed by atoms with van der Waals surface area (Å²) in [6.07, 6.45) is -0.110. The van der Waals surface area contributed by atoms with E-state index in [9.17, 15) is 13.2 Å². The van der Waals surface area contributed by atoms with Gasteiger partial charge in [-0.1, -0.05) is 0 Å². The minimum absolute atomic E-state index is 0.110. The van der Waals surface area contributed by atoms with Crippen molar-refractivity contribution < 1.29 is 18.3 Å². The SMILES string of the molecule is NC(CCS(=O)(=O)S)C(=O)O. The third-order valence-corrected chi connectivity index (χ3v) is 2.30. The van der Waals surface area contributed by atoms with Crippen molar-refractivity contribution in [2.45, 2.75) is 12.5 Å². The Labute approximate surface area is 69.3 Å². The summed E-state index contributed by atoms with van der Waals surface area (Å²) in [4.78, 5) is 10.1. The number of carboxylic acid groups (broad SMARTS) is 1. The number of nitrogens with two attached hydrogens (primary N) is 1. The van der Waals surface area contributed by atoms with Crippen LogP contribution in [0, 0.1) is 0 Å². The lowest BCUT2D eigenvalue weighted by Crippen LogP contribution is -2.31. The van der Waals surface area contributed by atoms with Crippen LogP contribution in [0.4, 0.5) is 0 Å². The van der Waals surface area contributed by atoms with Crippen molar-refractivity contribution in [1.82, 2.24) is 0 Å². The van der Waals surface area contributed by atoms with Gasteiger partial charge in [0, 0.05) is 0 Å². The number of hydrogen-bond acceptors (Lipinski definition) is 4. The second kappa shape index (κ2) is 3.93. The van der Waals surface area contributed by atoms with E-state index >= 15 is 0 Å². The third kappa shape index (κ3) is 6.14. The summed E-state index contributed by atoms with van der Waals surface area (Å²) in [5, 5.41) is 8.23. The number of thiol groups is 1. The highest BCUT2D eigenvalue weighted by Gasteiger charge is 2.14. The van der Waals surface area contributed by atoms with E-state index < -0.39 is 20.9 Å². The fraction of sp³-hybridized carbons (Fsp3) is 0.750. The molecule has 11 heavy (non-hydrogen) atoms. The fourth-order valence-corrected chi connectivity index (χ4v) is 1.27. The smallest absolute Gasteiger partial charge is 0.320 e. The van der Waals surface area contributed by atoms with Gasteiger partial charge in [0.15, 0.2) is 8.87 Å². The average Bonchev–Trinajstić information content (AvgIpc) is 1.80. The van der Waals surface area contributed by atoms with Crippen molar-refractivity contribution >= 4 is 26.5 Å². The van der Waals surface area contributed by atoms with Crippen molar-refractivity contribution in [3.05, 3.63) is 0 Å². The van der Waals surface area contributed by atoms with Crippen molar-refractivity contribution in [3.8, 4) is 0 Å². The standard InChI is InChI=1S/C4H9NO4S2/c5-3(4(6)7)1-2-11(8,9)10/h3H,1-2,5H2,(H,6,7)(H,8,9,10). The Morgan fingerprint density at radius 2 is 2.09 bits per heavy atom. The highest BCUT2D eigenvalue weighted by Crippen LogP contribution is 1.99. The maximum atomic E-state index is 10.4. The van der Waals surface area contributed by atoms with E-state index in [-0.39, 0.29) is 12.2 Å². The van der Waals surface area contributed by atoms with E-state index in [1.54, 1.807) is 0 Å². The van der Waals surface area contributed by atoms with Crippen molar-refractivity contribution in [2.24, 2.45) is 5.73 Å². The van der Waals surface area contributed by atoms with Gasteiger partial charge >= 0.3 is 5.97 Å². The maximum absolute atomic E-state index is 10.4. The van der Waals surface area contributed by atoms with Gasteiger partial charge in [-0.05, 0) is 18.1 Å². The van der Waals surface area contributed by atoms with Gasteiger partial charge in [-0.2, -0.15) is 0 Å². The van der Waals surface area contributed by atoms with Crippen molar-refractivity contribution in [2.75, 3.05) is 5.75 Å². The van der Waals surface area contributed by atoms with Crippen molar-refractivity contribution in [3.63, 3.8) is 0 Å². The molecule has 0 heterocycles. The van der Waals surface area contributed by atoms with Crippen LogP contribution in [0.25, 0.3) is 0 Å². The molecule has 0 rings (SSSR count). The first-order valence-electron chi connectivity index (χ1n) is 2.76. The molecular formula is C4H9NO4S2. The molecule has 0 fully saturated rings. The van der Waals surface area contributed by atoms with Crippen LogP contribution in [0.1, 0.15) is 6.42 Å². The molecule has 0 amide bonds. The molecule has 0 spiro atoms. The highest BCUT2D eigenvalue weighted by molar-refractivity contribution is 8.63. The molecule has 0 aliphatic carbocycles. The summed E-state index contributed by atoms with van der Waals surface area (Å²) in [7, 11) is -3.40. The van der Waals surface area contributed by atoms with Crippen LogP contribution in [0.15, 0.2) is 0 Å². The molecule has 0 bridgehead atoms. The topological polar surface area (TPSA) is 97.5 Å². The Hall–Kier alpha value is -0.270. The molecule has 0 radical (unpaired) electrons. The molecule has 0 saturated heterocycles. The van der Waals surface area contributed by atoms with Gasteiger partial charge in [0.2, 0.25) is 0 Å². The van der Waals surface area contributed by atoms with Crippen LogP contribution in [0.3, 0.4) is 0 Å². The summed E-state index contributed by atoms with van der Waals surface area (Å²) < 4.78 is 20.7. The summed E-state index contributed by atoms with van der Waals surface area (Å²) in [6.45, 7) is 0. The molecule has 1 atom stereocenters. The maximum Gasteiger partial charge on any atom is 0.320 e. The minimum atomic E-state index is -3.40. The Balaban J connectivity index is 3.82. The summed E-state index contributed by atoms with van der Waals surface area (Å²) in [5.74, 6) is -1.52. The molecule has 3 N–H and O–H groups in total. The van der Waals surface area contributed by atoms with Gasteiger partial charge in [0.25, 0.3) is 0 Å². The Kier molecular flexibility index (Phi) is 3.84. The first-order chi connectivity index (χ1) is 4.83. The van der Waals surface area contributed by atoms with E-state index in [2.05, 4.69) is 11.7 Å². The molecule has 0 aliphatic rings. The lowest BCUT2D eigenvalue weighted by atomic mass is 10.2. The van der Waals surface area contributed by atoms with Crippen LogP contribution in [-0.4, -0.2) is 31.3 Å². The number of aliphatic carboxylic acids is 1. The van der Waals surface area contributed by atoms with Gasteiger partial charge in [-0.3, -0.25) is 4.79 Å². The molecular weight excluding hydrogens is 190 g/mol. The Morgan fingerprint density at radius 1 is 1.64 bits per heavy atom. The Morgan fingerprint density at radius 3 is 2.36 bits per heavy atom. The van der Waals surface area contributed by atoms with Gasteiger partial charge in [0.1, 0.15) is 6.04 Å². The number of carboxylic acids is 1. The number of hydrogen-bond donors (Lipinski definition) is 3.